The van der Waals surface area contributed by atoms with Crippen molar-refractivity contribution in [1.29, 1.82) is 0 Å². The van der Waals surface area contributed by atoms with E-state index in [1.807, 2.05) is 65.0 Å². The molecular weight excluding hydrogens is 545 g/mol. The van der Waals surface area contributed by atoms with Crippen LogP contribution < -0.4 is 25.7 Å². The predicted octanol–water partition coefficient (Wildman–Crippen LogP) is 5.37. The second-order valence-electron chi connectivity index (χ2n) is 12.5. The molecule has 42 heavy (non-hydrogen) atoms. The summed E-state index contributed by atoms with van der Waals surface area (Å²) in [5.74, 6) is -0.0477. The molecule has 3 aromatic rings. The van der Waals surface area contributed by atoms with E-state index in [4.69, 9.17) is 4.74 Å². The van der Waals surface area contributed by atoms with E-state index in [0.717, 1.165) is 57.3 Å². The molecule has 0 radical (unpaired) electrons. The predicted molar refractivity (Wildman–Crippen MR) is 171 cm³/mol. The van der Waals surface area contributed by atoms with Crippen molar-refractivity contribution in [1.82, 2.24) is 4.90 Å². The molecule has 0 spiro atoms. The van der Waals surface area contributed by atoms with Crippen molar-refractivity contribution >= 4 is 46.3 Å². The van der Waals surface area contributed by atoms with Crippen LogP contribution in [-0.4, -0.2) is 61.6 Å². The van der Waals surface area contributed by atoms with Gasteiger partial charge in [0.2, 0.25) is 0 Å². The van der Waals surface area contributed by atoms with Crippen LogP contribution in [-0.2, 0) is 9.30 Å². The van der Waals surface area contributed by atoms with Crippen LogP contribution >= 0.6 is 7.14 Å². The van der Waals surface area contributed by atoms with Gasteiger partial charge in [0.05, 0.1) is 0 Å². The molecule has 3 heterocycles. The maximum atomic E-state index is 15.8. The third kappa shape index (κ3) is 4.11. The van der Waals surface area contributed by atoms with E-state index < -0.39 is 12.7 Å². The first-order valence-electron chi connectivity index (χ1n) is 15.0. The zero-order chi connectivity index (χ0) is 30.1. The number of ketones is 1. The maximum absolute atomic E-state index is 15.8. The van der Waals surface area contributed by atoms with E-state index in [1.165, 1.54) is 0 Å². The number of benzene rings is 3. The largest absolute Gasteiger partial charge is 0.444 e. The molecule has 0 aliphatic carbocycles. The zero-order valence-electron chi connectivity index (χ0n) is 25.7. The number of nitrogens with zero attached hydrogens (tertiary/aromatic N) is 3. The van der Waals surface area contributed by atoms with Crippen molar-refractivity contribution in [2.75, 3.05) is 49.1 Å². The number of hydrogen-bond donors (Lipinski definition) is 0. The van der Waals surface area contributed by atoms with Gasteiger partial charge in [-0.3, -0.25) is 4.79 Å². The lowest BCUT2D eigenvalue weighted by atomic mass is 9.91. The average Bonchev–Trinajstić information content (AvgIpc) is 3.22. The van der Waals surface area contributed by atoms with Crippen LogP contribution in [0.5, 0.6) is 0 Å². The average molecular weight is 586 g/mol. The summed E-state index contributed by atoms with van der Waals surface area (Å²) in [6.07, 6.45) is -0.301. The standard InChI is InChI=1S/C34H40N3O4P/c1-8-35(9-2)26-20-21(3)28-30(38)24-14-15-25(36-16-18-37(19-17-36)33(39)41-34(5,6)7)22(4)31(24)42(40)27-13-11-10-12-23(27)29(26)32(28)42/h10-15,20H,8-9,16-19H2,1-7H3. The van der Waals surface area contributed by atoms with Gasteiger partial charge in [0.15, 0.2) is 12.9 Å². The normalized spacial score (nSPS) is 18.9. The molecule has 8 heteroatoms. The van der Waals surface area contributed by atoms with Crippen molar-refractivity contribution in [3.63, 3.8) is 0 Å². The van der Waals surface area contributed by atoms with Gasteiger partial charge >= 0.3 is 6.09 Å². The van der Waals surface area contributed by atoms with Crippen molar-refractivity contribution in [2.45, 2.75) is 54.1 Å². The molecule has 1 saturated heterocycles. The number of hydrogen-bond acceptors (Lipinski definition) is 6. The minimum absolute atomic E-state index is 0.0477. The number of carbonyl (C=O) groups excluding carboxylic acids is 2. The van der Waals surface area contributed by atoms with Crippen LogP contribution in [0.4, 0.5) is 16.2 Å². The van der Waals surface area contributed by atoms with Crippen molar-refractivity contribution in [3.05, 3.63) is 64.7 Å². The van der Waals surface area contributed by atoms with Gasteiger partial charge in [-0.1, -0.05) is 24.3 Å². The van der Waals surface area contributed by atoms with Crippen LogP contribution in [0, 0.1) is 13.8 Å². The van der Waals surface area contributed by atoms with E-state index in [0.29, 0.717) is 42.6 Å². The number of amides is 1. The van der Waals surface area contributed by atoms with Crippen LogP contribution in [0.25, 0.3) is 11.1 Å². The number of aryl methyl sites for hydroxylation is 1. The minimum Gasteiger partial charge on any atom is -0.444 e. The van der Waals surface area contributed by atoms with E-state index >= 15 is 4.57 Å². The Kier molecular flexibility index (Phi) is 6.81. The van der Waals surface area contributed by atoms with Crippen LogP contribution in [0.2, 0.25) is 0 Å². The molecular formula is C34H40N3O4P. The third-order valence-electron chi connectivity index (χ3n) is 8.87. The van der Waals surface area contributed by atoms with E-state index in [1.54, 1.807) is 4.90 Å². The summed E-state index contributed by atoms with van der Waals surface area (Å²) >= 11 is 0. The zero-order valence-corrected chi connectivity index (χ0v) is 26.6. The third-order valence-corrected chi connectivity index (χ3v) is 12.2. The van der Waals surface area contributed by atoms with Gasteiger partial charge in [0.1, 0.15) is 5.60 Å². The summed E-state index contributed by atoms with van der Waals surface area (Å²) in [5.41, 5.74) is 6.29. The van der Waals surface area contributed by atoms with E-state index in [2.05, 4.69) is 35.8 Å². The van der Waals surface area contributed by atoms with E-state index in [-0.39, 0.29) is 11.9 Å². The number of rotatable bonds is 4. The number of anilines is 2. The van der Waals surface area contributed by atoms with Gasteiger partial charge in [0, 0.05) is 83.2 Å². The van der Waals surface area contributed by atoms with Crippen LogP contribution in [0.15, 0.2) is 42.5 Å². The van der Waals surface area contributed by atoms with Gasteiger partial charge in [-0.2, -0.15) is 0 Å². The fraction of sp³-hybridized carbons (Fsp3) is 0.412. The Hall–Kier alpha value is -3.57. The molecule has 220 valence electrons. The molecule has 6 rings (SSSR count). The lowest BCUT2D eigenvalue weighted by Gasteiger charge is -2.38. The minimum atomic E-state index is -3.35. The lowest BCUT2D eigenvalue weighted by molar-refractivity contribution is 0.0240. The second kappa shape index (κ2) is 10.0. The highest BCUT2D eigenvalue weighted by Crippen LogP contribution is 2.59. The Labute approximate surface area is 248 Å². The lowest BCUT2D eigenvalue weighted by Crippen LogP contribution is -2.50. The van der Waals surface area contributed by atoms with Gasteiger partial charge < -0.3 is 24.0 Å². The molecule has 1 fully saturated rings. The smallest absolute Gasteiger partial charge is 0.410 e. The van der Waals surface area contributed by atoms with Crippen molar-refractivity contribution < 1.29 is 18.9 Å². The number of ether oxygens (including phenoxy) is 1. The Balaban J connectivity index is 1.49. The first-order valence-corrected chi connectivity index (χ1v) is 16.7. The molecule has 1 atom stereocenters. The summed E-state index contributed by atoms with van der Waals surface area (Å²) < 4.78 is 21.4. The Morgan fingerprint density at radius 1 is 0.929 bits per heavy atom. The Morgan fingerprint density at radius 3 is 2.24 bits per heavy atom. The van der Waals surface area contributed by atoms with Crippen LogP contribution in [0.1, 0.15) is 61.7 Å². The molecule has 0 N–H and O–H groups in total. The van der Waals surface area contributed by atoms with Gasteiger partial charge in [-0.15, -0.1) is 0 Å². The molecule has 1 amide bonds. The molecule has 3 aromatic carbocycles. The van der Waals surface area contributed by atoms with Gasteiger partial charge in [-0.25, -0.2) is 4.79 Å². The van der Waals surface area contributed by atoms with Crippen LogP contribution in [0.3, 0.4) is 0 Å². The molecule has 3 aliphatic heterocycles. The first kappa shape index (κ1) is 28.5. The van der Waals surface area contributed by atoms with Gasteiger partial charge in [0.25, 0.3) is 0 Å². The Bertz CT molecular complexity index is 1680. The van der Waals surface area contributed by atoms with Crippen molar-refractivity contribution in [2.24, 2.45) is 0 Å². The highest BCUT2D eigenvalue weighted by molar-refractivity contribution is 7.87. The number of fused-ring (bicyclic) bond motifs is 5. The summed E-state index contributed by atoms with van der Waals surface area (Å²) in [6, 6.07) is 14.0. The molecule has 7 nitrogen and oxygen atoms in total. The second-order valence-corrected chi connectivity index (χ2v) is 15.1. The quantitative estimate of drug-likeness (QED) is 0.264. The highest BCUT2D eigenvalue weighted by Gasteiger charge is 2.51. The highest BCUT2D eigenvalue weighted by atomic mass is 31.2. The maximum Gasteiger partial charge on any atom is 0.410 e. The number of piperazine rings is 1. The summed E-state index contributed by atoms with van der Waals surface area (Å²) in [5, 5.41) is 2.22. The SMILES string of the molecule is CCN(CC)c1cc(C)c2c3c1-c1ccccc1P3(=O)c1c(ccc(N3CCN(C(=O)OC(C)(C)C)CC3)c1C)C2=O. The summed E-state index contributed by atoms with van der Waals surface area (Å²) in [7, 11) is -3.35. The molecule has 0 bridgehead atoms. The number of carbonyl (C=O) groups is 2. The summed E-state index contributed by atoms with van der Waals surface area (Å²) in [4.78, 5) is 33.2. The summed E-state index contributed by atoms with van der Waals surface area (Å²) in [6.45, 7) is 17.8. The van der Waals surface area contributed by atoms with Crippen molar-refractivity contribution in [3.8, 4) is 11.1 Å². The molecule has 0 saturated carbocycles. The first-order chi connectivity index (χ1) is 19.9. The molecule has 3 aliphatic rings. The van der Waals surface area contributed by atoms with Gasteiger partial charge in [-0.05, 0) is 83.4 Å². The molecule has 1 unspecified atom stereocenters. The molecule has 0 aromatic heterocycles. The topological polar surface area (TPSA) is 70.2 Å². The van der Waals surface area contributed by atoms with E-state index in [9.17, 15) is 9.59 Å². The fourth-order valence-corrected chi connectivity index (χ4v) is 10.8. The monoisotopic (exact) mass is 585 g/mol. The fourth-order valence-electron chi connectivity index (χ4n) is 6.99. The Morgan fingerprint density at radius 2 is 1.60 bits per heavy atom.